The Morgan fingerprint density at radius 3 is 2.45 bits per heavy atom. The summed E-state index contributed by atoms with van der Waals surface area (Å²) in [5.74, 6) is -0.0834. The largest absolute Gasteiger partial charge is 0.495 e. The summed E-state index contributed by atoms with van der Waals surface area (Å²) < 4.78 is 71.9. The molecule has 0 aliphatic heterocycles. The number of carbonyl (C=O) groups is 1. The Morgan fingerprint density at radius 1 is 1.15 bits per heavy atom. The fourth-order valence-corrected chi connectivity index (χ4v) is 4.11. The number of nitrogens with one attached hydrogen (secondary N) is 1. The Morgan fingerprint density at radius 2 is 1.82 bits per heavy atom. The summed E-state index contributed by atoms with van der Waals surface area (Å²) in [7, 11) is -1.11. The van der Waals surface area contributed by atoms with E-state index in [0.717, 1.165) is 4.57 Å². The van der Waals surface area contributed by atoms with Gasteiger partial charge in [0.1, 0.15) is 18.1 Å². The van der Waals surface area contributed by atoms with E-state index in [-0.39, 0.29) is 28.5 Å². The van der Waals surface area contributed by atoms with E-state index in [1.807, 2.05) is 0 Å². The second-order valence-corrected chi connectivity index (χ2v) is 8.76. The highest BCUT2D eigenvalue weighted by Crippen LogP contribution is 2.26. The fraction of sp³-hybridized carbons (Fsp3) is 0.238. The molecule has 0 aliphatic carbocycles. The molecule has 0 aliphatic rings. The van der Waals surface area contributed by atoms with Crippen molar-refractivity contribution in [3.63, 3.8) is 0 Å². The van der Waals surface area contributed by atoms with Crippen LogP contribution in [0.2, 0.25) is 0 Å². The van der Waals surface area contributed by atoms with E-state index in [1.54, 1.807) is 24.3 Å². The molecule has 0 unspecified atom stereocenters. The van der Waals surface area contributed by atoms with Crippen molar-refractivity contribution in [2.24, 2.45) is 0 Å². The van der Waals surface area contributed by atoms with Crippen LogP contribution in [0.3, 0.4) is 0 Å². The van der Waals surface area contributed by atoms with E-state index in [1.165, 1.54) is 55.7 Å². The van der Waals surface area contributed by atoms with E-state index in [2.05, 4.69) is 9.71 Å². The number of aromatic nitrogens is 2. The first-order valence-electron chi connectivity index (χ1n) is 9.58. The van der Waals surface area contributed by atoms with Crippen LogP contribution < -0.4 is 9.46 Å². The molecule has 2 aromatic carbocycles. The topological polar surface area (TPSA) is 93.5 Å². The number of ether oxygens (including phenoxy) is 1. The number of amides is 1. The lowest BCUT2D eigenvalue weighted by molar-refractivity contribution is -0.141. The Balaban J connectivity index is 1.72. The van der Waals surface area contributed by atoms with Crippen LogP contribution >= 0.6 is 0 Å². The lowest BCUT2D eigenvalue weighted by atomic mass is 10.2. The fourth-order valence-electron chi connectivity index (χ4n) is 3.04. The van der Waals surface area contributed by atoms with Crippen molar-refractivity contribution >= 4 is 21.6 Å². The molecule has 0 bridgehead atoms. The zero-order valence-corrected chi connectivity index (χ0v) is 18.5. The van der Waals surface area contributed by atoms with Crippen LogP contribution in [0.4, 0.5) is 18.9 Å². The molecule has 1 aromatic heterocycles. The van der Waals surface area contributed by atoms with Crippen LogP contribution in [0.1, 0.15) is 16.2 Å². The summed E-state index contributed by atoms with van der Waals surface area (Å²) in [6.07, 6.45) is -2.00. The number of anilines is 1. The molecule has 8 nitrogen and oxygen atoms in total. The number of rotatable bonds is 8. The minimum Gasteiger partial charge on any atom is -0.495 e. The summed E-state index contributed by atoms with van der Waals surface area (Å²) >= 11 is 0. The van der Waals surface area contributed by atoms with Gasteiger partial charge in [0.05, 0.1) is 24.2 Å². The van der Waals surface area contributed by atoms with Crippen LogP contribution in [-0.2, 0) is 23.1 Å². The third-order valence-corrected chi connectivity index (χ3v) is 6.02. The van der Waals surface area contributed by atoms with E-state index < -0.39 is 28.7 Å². The minimum atomic E-state index is -4.42. The molecular formula is C21H21F3N4O4S. The highest BCUT2D eigenvalue weighted by Gasteiger charge is 2.29. The summed E-state index contributed by atoms with van der Waals surface area (Å²) in [6.45, 7) is -1.37. The first-order valence-corrected chi connectivity index (χ1v) is 11.1. The molecule has 33 heavy (non-hydrogen) atoms. The van der Waals surface area contributed by atoms with Crippen molar-refractivity contribution in [1.29, 1.82) is 0 Å². The SMILES string of the molecule is COc1ccccc1NS(=O)(=O)c1ccc(C(=O)N(C)Cc2nccn2CC(F)(F)F)cc1. The van der Waals surface area contributed by atoms with E-state index >= 15 is 0 Å². The first kappa shape index (κ1) is 24.1. The van der Waals surface area contributed by atoms with Crippen molar-refractivity contribution in [3.8, 4) is 5.75 Å². The summed E-state index contributed by atoms with van der Waals surface area (Å²) in [4.78, 5) is 17.7. The predicted octanol–water partition coefficient (Wildman–Crippen LogP) is 3.53. The third kappa shape index (κ3) is 6.04. The van der Waals surface area contributed by atoms with Crippen LogP contribution in [0, 0.1) is 0 Å². The molecule has 0 saturated heterocycles. The quantitative estimate of drug-likeness (QED) is 0.530. The highest BCUT2D eigenvalue weighted by molar-refractivity contribution is 7.92. The van der Waals surface area contributed by atoms with Gasteiger partial charge in [0.25, 0.3) is 15.9 Å². The maximum Gasteiger partial charge on any atom is 0.406 e. The van der Waals surface area contributed by atoms with E-state index in [4.69, 9.17) is 4.74 Å². The number of hydrogen-bond donors (Lipinski definition) is 1. The number of imidazole rings is 1. The minimum absolute atomic E-state index is 0.0726. The zero-order valence-electron chi connectivity index (χ0n) is 17.7. The summed E-state index contributed by atoms with van der Waals surface area (Å²) in [5, 5.41) is 0. The average Bonchev–Trinajstić information content (AvgIpc) is 3.18. The van der Waals surface area contributed by atoms with Crippen molar-refractivity contribution < 1.29 is 31.1 Å². The molecule has 1 heterocycles. The van der Waals surface area contributed by atoms with Gasteiger partial charge in [-0.1, -0.05) is 12.1 Å². The molecule has 0 saturated carbocycles. The Bertz CT molecular complexity index is 1220. The normalized spacial score (nSPS) is 11.8. The van der Waals surface area contributed by atoms with Crippen LogP contribution in [-0.4, -0.2) is 49.1 Å². The smallest absolute Gasteiger partial charge is 0.406 e. The molecule has 0 fully saturated rings. The van der Waals surface area contributed by atoms with Crippen LogP contribution in [0.5, 0.6) is 5.75 Å². The lowest BCUT2D eigenvalue weighted by Gasteiger charge is -2.18. The van der Waals surface area contributed by atoms with Gasteiger partial charge in [0.15, 0.2) is 0 Å². The molecule has 3 aromatic rings. The molecule has 0 atom stereocenters. The Labute approximate surface area is 188 Å². The second kappa shape index (κ2) is 9.53. The first-order chi connectivity index (χ1) is 15.5. The maximum absolute atomic E-state index is 12.7. The predicted molar refractivity (Wildman–Crippen MR) is 114 cm³/mol. The standard InChI is InChI=1S/C21H21F3N4O4S/c1-27(13-19-25-11-12-28(19)14-21(22,23)24)20(29)15-7-9-16(10-8-15)33(30,31)26-17-5-3-4-6-18(17)32-2/h3-12,26H,13-14H2,1-2H3. The Hall–Kier alpha value is -3.54. The number of benzene rings is 2. The molecule has 0 spiro atoms. The number of halogens is 3. The molecule has 12 heteroatoms. The molecule has 1 N–H and O–H groups in total. The second-order valence-electron chi connectivity index (χ2n) is 7.08. The number of para-hydroxylation sites is 2. The van der Waals surface area contributed by atoms with E-state index in [9.17, 15) is 26.4 Å². The summed E-state index contributed by atoms with van der Waals surface area (Å²) in [5.41, 5.74) is 0.428. The van der Waals surface area contributed by atoms with E-state index in [0.29, 0.717) is 5.75 Å². The van der Waals surface area contributed by atoms with Gasteiger partial charge in [-0.15, -0.1) is 0 Å². The zero-order chi connectivity index (χ0) is 24.2. The maximum atomic E-state index is 12.7. The van der Waals surface area contributed by atoms with Crippen molar-refractivity contribution in [2.75, 3.05) is 18.9 Å². The monoisotopic (exact) mass is 482 g/mol. The molecule has 1 amide bonds. The van der Waals surface area contributed by atoms with Gasteiger partial charge in [-0.3, -0.25) is 9.52 Å². The number of methoxy groups -OCH3 is 1. The number of alkyl halides is 3. The molecule has 3 rings (SSSR count). The lowest BCUT2D eigenvalue weighted by Crippen LogP contribution is -2.29. The van der Waals surface area contributed by atoms with Crippen LogP contribution in [0.15, 0.2) is 65.8 Å². The highest BCUT2D eigenvalue weighted by atomic mass is 32.2. The van der Waals surface area contributed by atoms with Crippen molar-refractivity contribution in [1.82, 2.24) is 14.5 Å². The van der Waals surface area contributed by atoms with Gasteiger partial charge in [0.2, 0.25) is 0 Å². The Kier molecular flexibility index (Phi) is 6.96. The number of nitrogens with zero attached hydrogens (tertiary/aromatic N) is 3. The van der Waals surface area contributed by atoms with Gasteiger partial charge in [-0.2, -0.15) is 13.2 Å². The van der Waals surface area contributed by atoms with Crippen molar-refractivity contribution in [2.45, 2.75) is 24.2 Å². The number of hydrogen-bond acceptors (Lipinski definition) is 5. The molecular weight excluding hydrogens is 461 g/mol. The molecule has 0 radical (unpaired) electrons. The van der Waals surface area contributed by atoms with Gasteiger partial charge in [0, 0.05) is 25.0 Å². The van der Waals surface area contributed by atoms with Gasteiger partial charge in [-0.05, 0) is 36.4 Å². The third-order valence-electron chi connectivity index (χ3n) is 4.64. The van der Waals surface area contributed by atoms with Gasteiger partial charge < -0.3 is 14.2 Å². The summed E-state index contributed by atoms with van der Waals surface area (Å²) in [6, 6.07) is 11.7. The van der Waals surface area contributed by atoms with Gasteiger partial charge >= 0.3 is 6.18 Å². The van der Waals surface area contributed by atoms with Gasteiger partial charge in [-0.25, -0.2) is 13.4 Å². The number of sulfonamides is 1. The van der Waals surface area contributed by atoms with Crippen LogP contribution in [0.25, 0.3) is 0 Å². The average molecular weight is 482 g/mol. The van der Waals surface area contributed by atoms with Crippen molar-refractivity contribution in [3.05, 3.63) is 72.3 Å². The molecule has 176 valence electrons. The number of carbonyl (C=O) groups excluding carboxylic acids is 1.